The van der Waals surface area contributed by atoms with Gasteiger partial charge in [0.05, 0.1) is 36.1 Å². The lowest BCUT2D eigenvalue weighted by molar-refractivity contribution is -0.138. The van der Waals surface area contributed by atoms with Crippen molar-refractivity contribution < 1.29 is 23.8 Å². The lowest BCUT2D eigenvalue weighted by Crippen LogP contribution is -2.50. The van der Waals surface area contributed by atoms with Gasteiger partial charge in [0.15, 0.2) is 5.76 Å². The highest BCUT2D eigenvalue weighted by atomic mass is 16.5. The number of pyridine rings is 1. The minimum absolute atomic E-state index is 0.171. The molecule has 2 N–H and O–H groups in total. The molecule has 7 nitrogen and oxygen atoms in total. The van der Waals surface area contributed by atoms with E-state index in [9.17, 15) is 9.59 Å². The minimum Gasteiger partial charge on any atom is -0.481 e. The average Bonchev–Trinajstić information content (AvgIpc) is 3.18. The molecule has 1 atom stereocenters. The molecule has 2 aromatic heterocycles. The molecular weight excluding hydrogens is 312 g/mol. The summed E-state index contributed by atoms with van der Waals surface area (Å²) in [5.74, 6) is -0.696. The first-order chi connectivity index (χ1) is 11.5. The average molecular weight is 330 g/mol. The number of aryl methyl sites for hydroxylation is 1. The van der Waals surface area contributed by atoms with Crippen molar-refractivity contribution in [2.24, 2.45) is 0 Å². The highest BCUT2D eigenvalue weighted by Gasteiger charge is 2.39. The lowest BCUT2D eigenvalue weighted by atomic mass is 9.93. The van der Waals surface area contributed by atoms with E-state index in [1.165, 1.54) is 0 Å². The van der Waals surface area contributed by atoms with Crippen LogP contribution in [-0.2, 0) is 9.53 Å². The fourth-order valence-corrected chi connectivity index (χ4v) is 2.85. The Labute approximate surface area is 138 Å². The quantitative estimate of drug-likeness (QED) is 0.869. The van der Waals surface area contributed by atoms with Crippen LogP contribution in [0.3, 0.4) is 0 Å². The van der Waals surface area contributed by atoms with Crippen molar-refractivity contribution >= 4 is 11.9 Å². The molecule has 0 radical (unpaired) electrons. The van der Waals surface area contributed by atoms with E-state index >= 15 is 0 Å². The number of furan rings is 1. The van der Waals surface area contributed by atoms with Gasteiger partial charge in [-0.05, 0) is 37.6 Å². The van der Waals surface area contributed by atoms with Crippen LogP contribution in [0.2, 0.25) is 0 Å². The van der Waals surface area contributed by atoms with Gasteiger partial charge >= 0.3 is 5.97 Å². The van der Waals surface area contributed by atoms with E-state index in [1.807, 2.05) is 0 Å². The summed E-state index contributed by atoms with van der Waals surface area (Å²) < 4.78 is 10.6. The van der Waals surface area contributed by atoms with E-state index in [0.717, 1.165) is 0 Å². The first-order valence-corrected chi connectivity index (χ1v) is 7.63. The molecule has 1 aliphatic heterocycles. The second kappa shape index (κ2) is 6.45. The Bertz CT molecular complexity index is 748. The summed E-state index contributed by atoms with van der Waals surface area (Å²) >= 11 is 0. The number of rotatable bonds is 5. The molecule has 1 amide bonds. The number of hydrogen-bond acceptors (Lipinski definition) is 5. The molecule has 1 aliphatic rings. The maximum absolute atomic E-state index is 12.6. The Hall–Kier alpha value is -2.67. The maximum Gasteiger partial charge on any atom is 0.305 e. The van der Waals surface area contributed by atoms with Gasteiger partial charge in [-0.2, -0.15) is 0 Å². The summed E-state index contributed by atoms with van der Waals surface area (Å²) in [6.07, 6.45) is 1.86. The molecule has 1 fully saturated rings. The number of carboxylic acid groups (broad SMARTS) is 1. The Balaban J connectivity index is 1.80. The number of carboxylic acids is 1. The lowest BCUT2D eigenvalue weighted by Gasteiger charge is -2.27. The van der Waals surface area contributed by atoms with Crippen molar-refractivity contribution in [1.82, 2.24) is 10.3 Å². The molecule has 0 aromatic carbocycles. The Morgan fingerprint density at radius 1 is 1.38 bits per heavy atom. The summed E-state index contributed by atoms with van der Waals surface area (Å²) in [4.78, 5) is 28.1. The first kappa shape index (κ1) is 16.2. The molecule has 0 bridgehead atoms. The number of aromatic nitrogens is 1. The van der Waals surface area contributed by atoms with E-state index in [0.29, 0.717) is 35.7 Å². The van der Waals surface area contributed by atoms with E-state index in [-0.39, 0.29) is 18.9 Å². The van der Waals surface area contributed by atoms with Gasteiger partial charge in [0.1, 0.15) is 5.69 Å². The normalized spacial score (nSPS) is 20.0. The van der Waals surface area contributed by atoms with Crippen LogP contribution in [0.1, 0.15) is 28.9 Å². The molecular formula is C17H18N2O5. The van der Waals surface area contributed by atoms with E-state index in [4.69, 9.17) is 14.3 Å². The van der Waals surface area contributed by atoms with Crippen molar-refractivity contribution in [2.45, 2.75) is 25.3 Å². The summed E-state index contributed by atoms with van der Waals surface area (Å²) in [5, 5.41) is 11.9. The Morgan fingerprint density at radius 2 is 2.21 bits per heavy atom. The fourth-order valence-electron chi connectivity index (χ4n) is 2.85. The highest BCUT2D eigenvalue weighted by Crippen LogP contribution is 2.24. The number of nitrogens with one attached hydrogen (secondary N) is 1. The largest absolute Gasteiger partial charge is 0.481 e. The van der Waals surface area contributed by atoms with Gasteiger partial charge in [-0.15, -0.1) is 0 Å². The molecule has 2 aromatic rings. The van der Waals surface area contributed by atoms with Crippen LogP contribution in [0.5, 0.6) is 0 Å². The van der Waals surface area contributed by atoms with E-state index in [2.05, 4.69) is 10.3 Å². The van der Waals surface area contributed by atoms with Crippen LogP contribution in [-0.4, -0.2) is 40.7 Å². The molecule has 3 rings (SSSR count). The van der Waals surface area contributed by atoms with Gasteiger partial charge in [-0.3, -0.25) is 9.59 Å². The molecule has 0 aliphatic carbocycles. The van der Waals surface area contributed by atoms with Crippen LogP contribution in [0.4, 0.5) is 0 Å². The molecule has 1 unspecified atom stereocenters. The zero-order chi connectivity index (χ0) is 17.2. The molecule has 1 saturated heterocycles. The second-order valence-corrected chi connectivity index (χ2v) is 5.91. The third-order valence-electron chi connectivity index (χ3n) is 4.08. The van der Waals surface area contributed by atoms with Crippen LogP contribution in [0.15, 0.2) is 34.9 Å². The molecule has 7 heteroatoms. The van der Waals surface area contributed by atoms with Crippen molar-refractivity contribution in [3.05, 3.63) is 41.8 Å². The first-order valence-electron chi connectivity index (χ1n) is 7.63. The highest BCUT2D eigenvalue weighted by molar-refractivity contribution is 5.96. The predicted molar refractivity (Wildman–Crippen MR) is 84.6 cm³/mol. The van der Waals surface area contributed by atoms with Gasteiger partial charge in [0.25, 0.3) is 5.91 Å². The van der Waals surface area contributed by atoms with E-state index in [1.54, 1.807) is 37.5 Å². The monoisotopic (exact) mass is 330 g/mol. The standard InChI is InChI=1S/C17H18N2O5/c1-11-12(4-5-13(18-11)14-3-2-7-24-14)16(22)19-17(9-15(20)21)6-8-23-10-17/h2-5,7H,6,8-10H2,1H3,(H,19,22)(H,20,21). The molecule has 0 spiro atoms. The van der Waals surface area contributed by atoms with Gasteiger partial charge in [-0.25, -0.2) is 4.98 Å². The molecule has 0 saturated carbocycles. The summed E-state index contributed by atoms with van der Waals surface area (Å²) in [7, 11) is 0. The number of aliphatic carboxylic acids is 1. The number of nitrogens with zero attached hydrogens (tertiary/aromatic N) is 1. The Kier molecular flexibility index (Phi) is 4.35. The third kappa shape index (κ3) is 3.30. The van der Waals surface area contributed by atoms with E-state index < -0.39 is 11.5 Å². The summed E-state index contributed by atoms with van der Waals surface area (Å²) in [5.41, 5.74) is 0.723. The Morgan fingerprint density at radius 3 is 2.79 bits per heavy atom. The molecule has 126 valence electrons. The number of carbonyl (C=O) groups is 2. The number of ether oxygens (including phenoxy) is 1. The predicted octanol–water partition coefficient (Wildman–Crippen LogP) is 2.01. The van der Waals surface area contributed by atoms with Gasteiger partial charge < -0.3 is 19.6 Å². The van der Waals surface area contributed by atoms with Crippen molar-refractivity contribution in [1.29, 1.82) is 0 Å². The minimum atomic E-state index is -0.969. The van der Waals surface area contributed by atoms with Crippen LogP contribution in [0, 0.1) is 6.92 Å². The van der Waals surface area contributed by atoms with Crippen LogP contribution in [0.25, 0.3) is 11.5 Å². The second-order valence-electron chi connectivity index (χ2n) is 5.91. The van der Waals surface area contributed by atoms with Crippen LogP contribution >= 0.6 is 0 Å². The number of hydrogen-bond donors (Lipinski definition) is 2. The van der Waals surface area contributed by atoms with Crippen molar-refractivity contribution in [2.75, 3.05) is 13.2 Å². The maximum atomic E-state index is 12.6. The summed E-state index contributed by atoms with van der Waals surface area (Å²) in [6.45, 7) is 2.36. The van der Waals surface area contributed by atoms with Gasteiger partial charge in [0.2, 0.25) is 0 Å². The molecule has 3 heterocycles. The SMILES string of the molecule is Cc1nc(-c2ccco2)ccc1C(=O)NC1(CC(=O)O)CCOC1. The van der Waals surface area contributed by atoms with Gasteiger partial charge in [-0.1, -0.05) is 0 Å². The van der Waals surface area contributed by atoms with Gasteiger partial charge in [0, 0.05) is 6.61 Å². The van der Waals surface area contributed by atoms with Crippen molar-refractivity contribution in [3.8, 4) is 11.5 Å². The topological polar surface area (TPSA) is 102 Å². The fraction of sp³-hybridized carbons (Fsp3) is 0.353. The molecule has 24 heavy (non-hydrogen) atoms. The van der Waals surface area contributed by atoms with Crippen LogP contribution < -0.4 is 5.32 Å². The zero-order valence-electron chi connectivity index (χ0n) is 13.2. The zero-order valence-corrected chi connectivity index (χ0v) is 13.2. The summed E-state index contributed by atoms with van der Waals surface area (Å²) in [6, 6.07) is 6.93. The van der Waals surface area contributed by atoms with Crippen molar-refractivity contribution in [3.63, 3.8) is 0 Å². The number of amides is 1. The smallest absolute Gasteiger partial charge is 0.305 e. The third-order valence-corrected chi connectivity index (χ3v) is 4.08. The number of carbonyl (C=O) groups excluding carboxylic acids is 1.